The van der Waals surface area contributed by atoms with Crippen LogP contribution in [-0.2, 0) is 20.8 Å². The maximum atomic E-state index is 13.2. The predicted octanol–water partition coefficient (Wildman–Crippen LogP) is 2.51. The molecule has 0 saturated carbocycles. The van der Waals surface area contributed by atoms with Crippen LogP contribution in [0.4, 0.5) is 5.82 Å². The van der Waals surface area contributed by atoms with Gasteiger partial charge in [0.25, 0.3) is 11.5 Å². The highest BCUT2D eigenvalue weighted by molar-refractivity contribution is 8.26. The molecule has 2 saturated heterocycles. The van der Waals surface area contributed by atoms with Gasteiger partial charge >= 0.3 is 0 Å². The fourth-order valence-electron chi connectivity index (χ4n) is 3.79. The first-order chi connectivity index (χ1) is 15.4. The van der Waals surface area contributed by atoms with Gasteiger partial charge in [0.2, 0.25) is 0 Å². The number of hydrogen-bond acceptors (Lipinski definition) is 8. The third-order valence-corrected chi connectivity index (χ3v) is 6.94. The van der Waals surface area contributed by atoms with Crippen LogP contribution >= 0.6 is 24.0 Å². The number of nitriles is 1. The Kier molecular flexibility index (Phi) is 8.48. The lowest BCUT2D eigenvalue weighted by molar-refractivity contribution is -0.122. The first kappa shape index (κ1) is 24.5. The molecule has 172 valence electrons. The molecule has 0 radical (unpaired) electrons. The lowest BCUT2D eigenvalue weighted by atomic mass is 10.0. The number of thiocarbonyl (C=S) groups is 1. The first-order valence-corrected chi connectivity index (χ1v) is 11.9. The van der Waals surface area contributed by atoms with Gasteiger partial charge in [-0.05, 0) is 25.0 Å². The second-order valence-corrected chi connectivity index (χ2v) is 9.26. The van der Waals surface area contributed by atoms with E-state index in [4.69, 9.17) is 21.7 Å². The van der Waals surface area contributed by atoms with Crippen molar-refractivity contribution < 1.29 is 14.3 Å². The second-order valence-electron chi connectivity index (χ2n) is 7.58. The molecule has 0 aromatic carbocycles. The molecule has 3 heterocycles. The number of anilines is 1. The van der Waals surface area contributed by atoms with Crippen LogP contribution in [-0.4, -0.2) is 66.3 Å². The zero-order valence-corrected chi connectivity index (χ0v) is 20.3. The van der Waals surface area contributed by atoms with Gasteiger partial charge < -0.3 is 14.4 Å². The van der Waals surface area contributed by atoms with Gasteiger partial charge in [-0.2, -0.15) is 5.26 Å². The Morgan fingerprint density at radius 2 is 2.00 bits per heavy atom. The monoisotopic (exact) mass is 476 g/mol. The standard InChI is InChI=1S/C22H28N4O4S2/c1-4-5-6-25-19(24-7-11-30-12-8-24)16(15(2)17(14-23)20(25)27)13-18-21(28)26(9-10-29-3)22(31)32-18/h13H,4-12H2,1-3H3/b18-13-. The molecule has 1 aromatic rings. The minimum absolute atomic E-state index is 0.110. The number of methoxy groups -OCH3 is 1. The highest BCUT2D eigenvalue weighted by Gasteiger charge is 2.33. The summed E-state index contributed by atoms with van der Waals surface area (Å²) in [5.74, 6) is 0.555. The van der Waals surface area contributed by atoms with Gasteiger partial charge in [0, 0.05) is 32.3 Å². The van der Waals surface area contributed by atoms with E-state index in [-0.39, 0.29) is 17.0 Å². The Morgan fingerprint density at radius 1 is 1.28 bits per heavy atom. The van der Waals surface area contributed by atoms with Gasteiger partial charge in [-0.3, -0.25) is 19.1 Å². The minimum Gasteiger partial charge on any atom is -0.383 e. The molecule has 0 bridgehead atoms. The third kappa shape index (κ3) is 4.91. The van der Waals surface area contributed by atoms with Crippen molar-refractivity contribution in [1.29, 1.82) is 5.26 Å². The van der Waals surface area contributed by atoms with E-state index in [1.807, 2.05) is 0 Å². The van der Waals surface area contributed by atoms with Crippen molar-refractivity contribution >= 4 is 46.1 Å². The number of aromatic nitrogens is 1. The van der Waals surface area contributed by atoms with Gasteiger partial charge in [0.05, 0.1) is 31.3 Å². The molecular weight excluding hydrogens is 448 g/mol. The van der Waals surface area contributed by atoms with Crippen LogP contribution in [0.2, 0.25) is 0 Å². The average molecular weight is 477 g/mol. The fourth-order valence-corrected chi connectivity index (χ4v) is 5.08. The molecule has 0 unspecified atom stereocenters. The molecule has 0 spiro atoms. The molecule has 2 fully saturated rings. The van der Waals surface area contributed by atoms with E-state index in [1.165, 1.54) is 16.7 Å². The number of rotatable bonds is 8. The number of nitrogens with zero attached hydrogens (tertiary/aromatic N) is 4. The van der Waals surface area contributed by atoms with E-state index in [0.717, 1.165) is 18.7 Å². The number of ether oxygens (including phenoxy) is 2. The average Bonchev–Trinajstić information content (AvgIpc) is 3.06. The topological polar surface area (TPSA) is 87.8 Å². The summed E-state index contributed by atoms with van der Waals surface area (Å²) in [5, 5.41) is 9.74. The molecule has 1 amide bonds. The quantitative estimate of drug-likeness (QED) is 0.418. The van der Waals surface area contributed by atoms with Gasteiger partial charge in [0.15, 0.2) is 0 Å². The van der Waals surface area contributed by atoms with E-state index in [9.17, 15) is 14.9 Å². The van der Waals surface area contributed by atoms with Gasteiger partial charge in [-0.15, -0.1) is 0 Å². The van der Waals surface area contributed by atoms with Crippen molar-refractivity contribution in [3.63, 3.8) is 0 Å². The fraction of sp³-hybridized carbons (Fsp3) is 0.545. The number of thioether (sulfide) groups is 1. The summed E-state index contributed by atoms with van der Waals surface area (Å²) < 4.78 is 12.8. The van der Waals surface area contributed by atoms with Crippen LogP contribution in [0.5, 0.6) is 0 Å². The lowest BCUT2D eigenvalue weighted by Gasteiger charge is -2.33. The molecular formula is C22H28N4O4S2. The Bertz CT molecular complexity index is 1020. The van der Waals surface area contributed by atoms with Crippen molar-refractivity contribution in [3.8, 4) is 6.07 Å². The Labute approximate surface area is 197 Å². The van der Waals surface area contributed by atoms with Crippen molar-refractivity contribution in [2.45, 2.75) is 33.2 Å². The number of pyridine rings is 1. The van der Waals surface area contributed by atoms with Crippen LogP contribution in [0, 0.1) is 18.3 Å². The second kappa shape index (κ2) is 11.1. The largest absolute Gasteiger partial charge is 0.383 e. The first-order valence-electron chi connectivity index (χ1n) is 10.7. The maximum Gasteiger partial charge on any atom is 0.270 e. The Morgan fingerprint density at radius 3 is 2.62 bits per heavy atom. The summed E-state index contributed by atoms with van der Waals surface area (Å²) in [6, 6.07) is 2.08. The maximum absolute atomic E-state index is 13.2. The predicted molar refractivity (Wildman–Crippen MR) is 130 cm³/mol. The minimum atomic E-state index is -0.287. The van der Waals surface area contributed by atoms with E-state index >= 15 is 0 Å². The molecule has 2 aliphatic rings. The zero-order chi connectivity index (χ0) is 23.3. The summed E-state index contributed by atoms with van der Waals surface area (Å²) >= 11 is 6.64. The summed E-state index contributed by atoms with van der Waals surface area (Å²) in [7, 11) is 1.58. The summed E-state index contributed by atoms with van der Waals surface area (Å²) in [6.45, 7) is 7.48. The molecule has 32 heavy (non-hydrogen) atoms. The Hall–Kier alpha value is -2.19. The van der Waals surface area contributed by atoms with E-state index < -0.39 is 0 Å². The highest BCUT2D eigenvalue weighted by atomic mass is 32.2. The van der Waals surface area contributed by atoms with E-state index in [0.29, 0.717) is 66.4 Å². The zero-order valence-electron chi connectivity index (χ0n) is 18.7. The van der Waals surface area contributed by atoms with Crippen LogP contribution in [0.1, 0.15) is 36.5 Å². The number of carbonyl (C=O) groups is 1. The lowest BCUT2D eigenvalue weighted by Crippen LogP contribution is -2.41. The molecule has 8 nitrogen and oxygen atoms in total. The van der Waals surface area contributed by atoms with E-state index in [1.54, 1.807) is 24.7 Å². The number of unbranched alkanes of at least 4 members (excludes halogenated alkanes) is 1. The number of morpholine rings is 1. The van der Waals surface area contributed by atoms with Crippen molar-refractivity contribution in [1.82, 2.24) is 9.47 Å². The molecule has 2 aliphatic heterocycles. The summed E-state index contributed by atoms with van der Waals surface area (Å²) in [5.41, 5.74) is 1.12. The molecule has 1 aromatic heterocycles. The molecule has 0 N–H and O–H groups in total. The summed E-state index contributed by atoms with van der Waals surface area (Å²) in [4.78, 5) is 30.4. The van der Waals surface area contributed by atoms with Crippen LogP contribution < -0.4 is 10.5 Å². The normalized spacial score (nSPS) is 18.0. The Balaban J connectivity index is 2.18. The van der Waals surface area contributed by atoms with Crippen molar-refractivity contribution in [2.75, 3.05) is 51.5 Å². The number of carbonyl (C=O) groups excluding carboxylic acids is 1. The molecule has 3 rings (SSSR count). The van der Waals surface area contributed by atoms with Crippen molar-refractivity contribution in [2.24, 2.45) is 0 Å². The number of amides is 1. The van der Waals surface area contributed by atoms with Gasteiger partial charge in [0.1, 0.15) is 21.8 Å². The molecule has 0 aliphatic carbocycles. The third-order valence-electron chi connectivity index (χ3n) is 5.56. The molecule has 10 heteroatoms. The van der Waals surface area contributed by atoms with Crippen LogP contribution in [0.25, 0.3) is 6.08 Å². The van der Waals surface area contributed by atoms with Crippen molar-refractivity contribution in [3.05, 3.63) is 31.9 Å². The van der Waals surface area contributed by atoms with E-state index in [2.05, 4.69) is 17.9 Å². The van der Waals surface area contributed by atoms with Gasteiger partial charge in [-0.1, -0.05) is 37.3 Å². The van der Waals surface area contributed by atoms with Crippen LogP contribution in [0.15, 0.2) is 9.70 Å². The molecule has 0 atom stereocenters. The smallest absolute Gasteiger partial charge is 0.270 e. The SMILES string of the molecule is CCCCn1c(N2CCOCC2)c(/C=C2\SC(=S)N(CCOC)C2=O)c(C)c(C#N)c1=O. The highest BCUT2D eigenvalue weighted by Crippen LogP contribution is 2.36. The summed E-state index contributed by atoms with van der Waals surface area (Å²) in [6.07, 6.45) is 3.51. The van der Waals surface area contributed by atoms with Crippen LogP contribution in [0.3, 0.4) is 0 Å². The number of hydrogen-bond donors (Lipinski definition) is 0. The van der Waals surface area contributed by atoms with Gasteiger partial charge in [-0.25, -0.2) is 0 Å².